The highest BCUT2D eigenvalue weighted by Crippen LogP contribution is 2.42. The summed E-state index contributed by atoms with van der Waals surface area (Å²) >= 11 is 0. The normalized spacial score (nSPS) is 22.5. The van der Waals surface area contributed by atoms with Gasteiger partial charge < -0.3 is 15.3 Å². The molecule has 5 rings (SSSR count). The Labute approximate surface area is 203 Å². The zero-order valence-corrected chi connectivity index (χ0v) is 19.3. The number of hydrogen-bond acceptors (Lipinski definition) is 4. The number of urea groups is 1. The van der Waals surface area contributed by atoms with Gasteiger partial charge in [0, 0.05) is 49.6 Å². The van der Waals surface area contributed by atoms with E-state index in [1.807, 2.05) is 18.3 Å². The zero-order chi connectivity index (χ0) is 24.4. The maximum absolute atomic E-state index is 14.1. The second kappa shape index (κ2) is 10.1. The summed E-state index contributed by atoms with van der Waals surface area (Å²) in [5, 5.41) is 12.7. The average molecular weight is 479 g/mol. The molecule has 2 aliphatic rings. The van der Waals surface area contributed by atoms with Crippen molar-refractivity contribution < 1.29 is 18.7 Å². The van der Waals surface area contributed by atoms with E-state index in [1.54, 1.807) is 11.1 Å². The molecule has 0 aliphatic carbocycles. The van der Waals surface area contributed by atoms with Crippen molar-refractivity contribution in [3.63, 3.8) is 0 Å². The number of fused-ring (bicyclic) bond motifs is 1. The fraction of sp³-hybridized carbons (Fsp3) is 0.333. The number of aliphatic hydroxyl groups excluding tert-OH is 1. The number of hydrogen-bond donors (Lipinski definition) is 2. The molecule has 8 heteroatoms. The maximum atomic E-state index is 14.1. The minimum absolute atomic E-state index is 0.0204. The van der Waals surface area contributed by atoms with Gasteiger partial charge in [0.25, 0.3) is 0 Å². The molecule has 6 nitrogen and oxygen atoms in total. The smallest absolute Gasteiger partial charge is 0.321 e. The van der Waals surface area contributed by atoms with Gasteiger partial charge in [0.1, 0.15) is 11.6 Å². The minimum Gasteiger partial charge on any atom is -0.395 e. The quantitative estimate of drug-likeness (QED) is 0.580. The second-order valence-corrected chi connectivity index (χ2v) is 9.15. The molecule has 2 N–H and O–H groups in total. The van der Waals surface area contributed by atoms with Crippen LogP contribution in [0.1, 0.15) is 24.3 Å². The van der Waals surface area contributed by atoms with E-state index >= 15 is 0 Å². The van der Waals surface area contributed by atoms with Crippen molar-refractivity contribution in [2.75, 3.05) is 31.6 Å². The Hall–Kier alpha value is -3.36. The highest BCUT2D eigenvalue weighted by Gasteiger charge is 2.49. The van der Waals surface area contributed by atoms with Gasteiger partial charge in [0.2, 0.25) is 0 Å². The maximum Gasteiger partial charge on any atom is 0.321 e. The summed E-state index contributed by atoms with van der Waals surface area (Å²) < 4.78 is 27.7. The first-order chi connectivity index (χ1) is 17.0. The molecule has 1 aromatic heterocycles. The second-order valence-electron chi connectivity index (χ2n) is 9.15. The van der Waals surface area contributed by atoms with Crippen LogP contribution >= 0.6 is 0 Å². The van der Waals surface area contributed by atoms with Crippen LogP contribution in [0.3, 0.4) is 0 Å². The SMILES string of the molecule is O=C(Nc1cc(F)ccc1F)N1CCCCN2[C@H](CO)[C@H](c3ccc(-c4cccnc4)cc3)[C@@H]2C1. The van der Waals surface area contributed by atoms with Crippen LogP contribution < -0.4 is 5.32 Å². The van der Waals surface area contributed by atoms with Crippen LogP contribution in [0.15, 0.2) is 67.0 Å². The predicted octanol–water partition coefficient (Wildman–Crippen LogP) is 4.48. The van der Waals surface area contributed by atoms with Gasteiger partial charge >= 0.3 is 6.03 Å². The van der Waals surface area contributed by atoms with E-state index in [0.29, 0.717) is 13.1 Å². The molecule has 0 bridgehead atoms. The van der Waals surface area contributed by atoms with E-state index in [1.165, 1.54) is 0 Å². The third kappa shape index (κ3) is 4.76. The fourth-order valence-electron chi connectivity index (χ4n) is 5.34. The van der Waals surface area contributed by atoms with Gasteiger partial charge in [0.15, 0.2) is 0 Å². The Balaban J connectivity index is 1.35. The highest BCUT2D eigenvalue weighted by molar-refractivity contribution is 5.89. The van der Waals surface area contributed by atoms with Crippen LogP contribution in [0.2, 0.25) is 0 Å². The number of amides is 2. The van der Waals surface area contributed by atoms with Crippen molar-refractivity contribution in [1.82, 2.24) is 14.8 Å². The highest BCUT2D eigenvalue weighted by atomic mass is 19.1. The summed E-state index contributed by atoms with van der Waals surface area (Å²) in [7, 11) is 0. The predicted molar refractivity (Wildman–Crippen MR) is 130 cm³/mol. The van der Waals surface area contributed by atoms with Crippen molar-refractivity contribution >= 4 is 11.7 Å². The first-order valence-electron chi connectivity index (χ1n) is 11.9. The Morgan fingerprint density at radius 3 is 2.60 bits per heavy atom. The molecule has 0 spiro atoms. The van der Waals surface area contributed by atoms with E-state index in [4.69, 9.17) is 0 Å². The lowest BCUT2D eigenvalue weighted by Crippen LogP contribution is -2.68. The van der Waals surface area contributed by atoms with Gasteiger partial charge in [0.05, 0.1) is 12.3 Å². The summed E-state index contributed by atoms with van der Waals surface area (Å²) in [5.41, 5.74) is 3.04. The Kier molecular flexibility index (Phi) is 6.74. The van der Waals surface area contributed by atoms with Crippen LogP contribution in [0.25, 0.3) is 11.1 Å². The molecule has 0 unspecified atom stereocenters. The molecule has 3 atom stereocenters. The Morgan fingerprint density at radius 1 is 1.06 bits per heavy atom. The van der Waals surface area contributed by atoms with Crippen LogP contribution in [0.4, 0.5) is 19.3 Å². The van der Waals surface area contributed by atoms with E-state index in [9.17, 15) is 18.7 Å². The summed E-state index contributed by atoms with van der Waals surface area (Å²) in [6.07, 6.45) is 5.25. The van der Waals surface area contributed by atoms with Crippen molar-refractivity contribution in [3.8, 4) is 11.1 Å². The third-order valence-electron chi connectivity index (χ3n) is 7.12. The van der Waals surface area contributed by atoms with E-state index in [2.05, 4.69) is 39.5 Å². The molecule has 0 saturated carbocycles. The number of nitrogens with one attached hydrogen (secondary N) is 1. The molecule has 2 amide bonds. The molecule has 182 valence electrons. The molecule has 2 aliphatic heterocycles. The molecule has 3 aromatic rings. The lowest BCUT2D eigenvalue weighted by atomic mass is 9.74. The summed E-state index contributed by atoms with van der Waals surface area (Å²) in [5.74, 6) is -1.23. The monoisotopic (exact) mass is 478 g/mol. The van der Waals surface area contributed by atoms with Crippen molar-refractivity contribution in [2.45, 2.75) is 30.8 Å². The molecule has 0 radical (unpaired) electrons. The van der Waals surface area contributed by atoms with Gasteiger partial charge in [-0.1, -0.05) is 30.3 Å². The molecule has 3 heterocycles. The molecule has 35 heavy (non-hydrogen) atoms. The lowest BCUT2D eigenvalue weighted by Gasteiger charge is -2.57. The third-order valence-corrected chi connectivity index (χ3v) is 7.12. The van der Waals surface area contributed by atoms with Crippen LogP contribution in [-0.4, -0.2) is 64.2 Å². The van der Waals surface area contributed by atoms with Gasteiger partial charge in [-0.25, -0.2) is 13.6 Å². The van der Waals surface area contributed by atoms with Crippen LogP contribution in [-0.2, 0) is 0 Å². The number of nitrogens with zero attached hydrogens (tertiary/aromatic N) is 3. The van der Waals surface area contributed by atoms with Gasteiger partial charge in [-0.05, 0) is 54.3 Å². The first-order valence-corrected chi connectivity index (χ1v) is 11.9. The molecule has 2 saturated heterocycles. The molecule has 2 aromatic carbocycles. The van der Waals surface area contributed by atoms with Crippen LogP contribution in [0, 0.1) is 11.6 Å². The number of carbonyl (C=O) groups is 1. The van der Waals surface area contributed by atoms with Gasteiger partial charge in [-0.2, -0.15) is 0 Å². The summed E-state index contributed by atoms with van der Waals surface area (Å²) in [6.45, 7) is 1.86. The van der Waals surface area contributed by atoms with E-state index < -0.39 is 17.7 Å². The average Bonchev–Trinajstić information content (AvgIpc) is 2.86. The lowest BCUT2D eigenvalue weighted by molar-refractivity contribution is -0.0585. The number of anilines is 1. The topological polar surface area (TPSA) is 68.7 Å². The van der Waals surface area contributed by atoms with Gasteiger partial charge in [-0.15, -0.1) is 0 Å². The summed E-state index contributed by atoms with van der Waals surface area (Å²) in [4.78, 5) is 21.1. The largest absolute Gasteiger partial charge is 0.395 e. The number of benzene rings is 2. The van der Waals surface area contributed by atoms with Crippen LogP contribution in [0.5, 0.6) is 0 Å². The first kappa shape index (κ1) is 23.4. The summed E-state index contributed by atoms with van der Waals surface area (Å²) in [6, 6.07) is 14.8. The Morgan fingerprint density at radius 2 is 1.86 bits per heavy atom. The molecule has 2 fully saturated rings. The van der Waals surface area contributed by atoms with Crippen molar-refractivity contribution in [2.24, 2.45) is 0 Å². The minimum atomic E-state index is -0.677. The number of aromatic nitrogens is 1. The number of rotatable bonds is 4. The standard InChI is InChI=1S/C27H28F2N4O2/c28-21-9-10-22(29)23(14-21)31-27(35)32-12-1-2-13-33-24(16-32)26(25(33)17-34)19-7-5-18(6-8-19)20-4-3-11-30-15-20/h3-11,14-15,24-26,34H,1-2,12-13,16-17H2,(H,31,35)/t24-,25+,26+/m0/s1. The molecular weight excluding hydrogens is 450 g/mol. The van der Waals surface area contributed by atoms with Gasteiger partial charge in [-0.3, -0.25) is 9.88 Å². The zero-order valence-electron chi connectivity index (χ0n) is 19.3. The van der Waals surface area contributed by atoms with E-state index in [-0.39, 0.29) is 30.3 Å². The Bertz CT molecular complexity index is 1180. The number of pyridine rings is 1. The number of aliphatic hydroxyl groups is 1. The fourth-order valence-corrected chi connectivity index (χ4v) is 5.34. The number of carbonyl (C=O) groups excluding carboxylic acids is 1. The molecular formula is C27H28F2N4O2. The van der Waals surface area contributed by atoms with E-state index in [0.717, 1.165) is 54.3 Å². The van der Waals surface area contributed by atoms with Crippen molar-refractivity contribution in [1.29, 1.82) is 0 Å². The number of halogens is 2. The van der Waals surface area contributed by atoms with Crippen molar-refractivity contribution in [3.05, 3.63) is 84.2 Å².